The van der Waals surface area contributed by atoms with E-state index >= 15 is 0 Å². The van der Waals surface area contributed by atoms with Gasteiger partial charge in [-0.2, -0.15) is 5.10 Å². The van der Waals surface area contributed by atoms with Crippen LogP contribution >= 0.6 is 0 Å². The smallest absolute Gasteiger partial charge is 0.249 e. The monoisotopic (exact) mass is 299 g/mol. The van der Waals surface area contributed by atoms with Gasteiger partial charge in [0.2, 0.25) is 5.91 Å². The minimum absolute atomic E-state index is 0.131. The van der Waals surface area contributed by atoms with Crippen molar-refractivity contribution in [3.8, 4) is 5.75 Å². The first kappa shape index (κ1) is 13.8. The van der Waals surface area contributed by atoms with Crippen LogP contribution in [0.1, 0.15) is 37.3 Å². The van der Waals surface area contributed by atoms with Gasteiger partial charge in [-0.15, -0.1) is 0 Å². The molecule has 5 heteroatoms. The number of hydrogen-bond acceptors (Lipinski definition) is 4. The number of hydrogen-bond donors (Lipinski definition) is 1. The minimum Gasteiger partial charge on any atom is -0.490 e. The molecular formula is C17H21N3O2. The van der Waals surface area contributed by atoms with Gasteiger partial charge in [0.25, 0.3) is 0 Å². The van der Waals surface area contributed by atoms with Gasteiger partial charge in [-0.05, 0) is 38.9 Å². The zero-order chi connectivity index (χ0) is 15.1. The first-order chi connectivity index (χ1) is 10.7. The molecule has 0 saturated carbocycles. The molecule has 1 fully saturated rings. The molecule has 0 aliphatic carbocycles. The van der Waals surface area contributed by atoms with Crippen molar-refractivity contribution in [1.82, 2.24) is 10.3 Å². The van der Waals surface area contributed by atoms with Crippen LogP contribution in [0, 0.1) is 0 Å². The molecule has 0 spiro atoms. The van der Waals surface area contributed by atoms with Gasteiger partial charge in [0.05, 0.1) is 18.2 Å². The van der Waals surface area contributed by atoms with Crippen molar-refractivity contribution in [2.24, 2.45) is 5.10 Å². The highest BCUT2D eigenvalue weighted by Gasteiger charge is 2.33. The summed E-state index contributed by atoms with van der Waals surface area (Å²) in [6.07, 6.45) is 3.47. The number of carbonyl (C=O) groups excluding carboxylic acids is 1. The topological polar surface area (TPSA) is 53.9 Å². The van der Waals surface area contributed by atoms with Crippen LogP contribution in [0.3, 0.4) is 0 Å². The summed E-state index contributed by atoms with van der Waals surface area (Å²) in [7, 11) is 0. The number of benzene rings is 1. The second-order valence-electron chi connectivity index (χ2n) is 6.36. The average Bonchev–Trinajstić information content (AvgIpc) is 3.09. The third kappa shape index (κ3) is 2.29. The molecule has 22 heavy (non-hydrogen) atoms. The summed E-state index contributed by atoms with van der Waals surface area (Å²) < 4.78 is 5.82. The Kier molecular flexibility index (Phi) is 3.37. The standard InChI is InChI=1S/C17H21N3O2/c1-11-9-14-13(3-2-4-16(14)22-11)15-10-17(21)20(19-15)12-5-7-18-8-6-12/h2-4,11-12,18H,5-10H2,1H3. The van der Waals surface area contributed by atoms with Crippen LogP contribution in [0.25, 0.3) is 0 Å². The molecule has 1 N–H and O–H groups in total. The van der Waals surface area contributed by atoms with Gasteiger partial charge in [-0.1, -0.05) is 12.1 Å². The lowest BCUT2D eigenvalue weighted by Gasteiger charge is -2.28. The number of nitrogens with one attached hydrogen (secondary N) is 1. The highest BCUT2D eigenvalue weighted by atomic mass is 16.5. The SMILES string of the molecule is CC1Cc2c(cccc2C2=NN(C3CCNCC3)C(=O)C2)O1. The van der Waals surface area contributed by atoms with Gasteiger partial charge in [0.15, 0.2) is 0 Å². The van der Waals surface area contributed by atoms with Crippen LogP contribution in [0.4, 0.5) is 0 Å². The Morgan fingerprint density at radius 3 is 2.95 bits per heavy atom. The molecule has 1 aromatic carbocycles. The van der Waals surface area contributed by atoms with E-state index in [-0.39, 0.29) is 18.1 Å². The normalized spacial score (nSPS) is 25.1. The fourth-order valence-corrected chi connectivity index (χ4v) is 3.63. The summed E-state index contributed by atoms with van der Waals surface area (Å²) in [4.78, 5) is 12.4. The largest absolute Gasteiger partial charge is 0.490 e. The highest BCUT2D eigenvalue weighted by Crippen LogP contribution is 2.33. The molecule has 3 heterocycles. The van der Waals surface area contributed by atoms with Gasteiger partial charge < -0.3 is 10.1 Å². The lowest BCUT2D eigenvalue weighted by Crippen LogP contribution is -2.41. The maximum atomic E-state index is 12.4. The maximum absolute atomic E-state index is 12.4. The molecule has 4 rings (SSSR count). The summed E-state index contributed by atoms with van der Waals surface area (Å²) in [6, 6.07) is 6.31. The summed E-state index contributed by atoms with van der Waals surface area (Å²) in [5, 5.41) is 9.75. The molecule has 0 bridgehead atoms. The Bertz CT molecular complexity index is 635. The molecule has 5 nitrogen and oxygen atoms in total. The fraction of sp³-hybridized carbons (Fsp3) is 0.529. The molecule has 1 atom stereocenters. The summed E-state index contributed by atoms with van der Waals surface area (Å²) >= 11 is 0. The van der Waals surface area contributed by atoms with E-state index in [2.05, 4.69) is 23.4 Å². The lowest BCUT2D eigenvalue weighted by atomic mass is 9.98. The molecule has 1 amide bonds. The summed E-state index contributed by atoms with van der Waals surface area (Å²) in [5.74, 6) is 1.08. The number of carbonyl (C=O) groups is 1. The molecule has 0 aromatic heterocycles. The number of rotatable bonds is 2. The van der Waals surface area contributed by atoms with Crippen molar-refractivity contribution >= 4 is 11.6 Å². The van der Waals surface area contributed by atoms with Gasteiger partial charge >= 0.3 is 0 Å². The van der Waals surface area contributed by atoms with Crippen LogP contribution in [0.2, 0.25) is 0 Å². The Morgan fingerprint density at radius 2 is 2.14 bits per heavy atom. The Labute approximate surface area is 130 Å². The second-order valence-corrected chi connectivity index (χ2v) is 6.36. The van der Waals surface area contributed by atoms with Gasteiger partial charge in [0.1, 0.15) is 11.9 Å². The van der Waals surface area contributed by atoms with E-state index in [1.54, 1.807) is 5.01 Å². The number of fused-ring (bicyclic) bond motifs is 1. The zero-order valence-electron chi connectivity index (χ0n) is 12.8. The predicted octanol–water partition coefficient (Wildman–Crippen LogP) is 1.70. The van der Waals surface area contributed by atoms with E-state index in [9.17, 15) is 4.79 Å². The third-order valence-corrected chi connectivity index (χ3v) is 4.72. The van der Waals surface area contributed by atoms with E-state index in [1.165, 1.54) is 5.56 Å². The second kappa shape index (κ2) is 5.39. The molecule has 3 aliphatic rings. The Balaban J connectivity index is 1.64. The fourth-order valence-electron chi connectivity index (χ4n) is 3.63. The molecule has 116 valence electrons. The number of hydrazone groups is 1. The van der Waals surface area contributed by atoms with Crippen molar-refractivity contribution in [2.45, 2.75) is 44.8 Å². The third-order valence-electron chi connectivity index (χ3n) is 4.72. The van der Waals surface area contributed by atoms with Gasteiger partial charge in [0, 0.05) is 17.5 Å². The number of amides is 1. The molecule has 1 unspecified atom stereocenters. The number of piperidine rings is 1. The molecule has 3 aliphatic heterocycles. The van der Waals surface area contributed by atoms with Crippen molar-refractivity contribution < 1.29 is 9.53 Å². The van der Waals surface area contributed by atoms with Crippen molar-refractivity contribution in [3.63, 3.8) is 0 Å². The highest BCUT2D eigenvalue weighted by molar-refractivity contribution is 6.14. The first-order valence-electron chi connectivity index (χ1n) is 8.11. The lowest BCUT2D eigenvalue weighted by molar-refractivity contribution is -0.131. The quantitative estimate of drug-likeness (QED) is 0.904. The Hall–Kier alpha value is -1.88. The summed E-state index contributed by atoms with van der Waals surface area (Å²) in [5.41, 5.74) is 3.19. The molecular weight excluding hydrogens is 278 g/mol. The van der Waals surface area contributed by atoms with E-state index in [0.717, 1.165) is 49.4 Å². The van der Waals surface area contributed by atoms with Crippen LogP contribution in [-0.2, 0) is 11.2 Å². The van der Waals surface area contributed by atoms with E-state index in [1.807, 2.05) is 12.1 Å². The predicted molar refractivity (Wildman–Crippen MR) is 84.1 cm³/mol. The van der Waals surface area contributed by atoms with Crippen molar-refractivity contribution in [2.75, 3.05) is 13.1 Å². The first-order valence-corrected chi connectivity index (χ1v) is 8.11. The van der Waals surface area contributed by atoms with Crippen LogP contribution in [0.5, 0.6) is 5.75 Å². The average molecular weight is 299 g/mol. The minimum atomic E-state index is 0.131. The molecule has 1 aromatic rings. The van der Waals surface area contributed by atoms with Gasteiger partial charge in [-0.3, -0.25) is 4.79 Å². The van der Waals surface area contributed by atoms with E-state index in [4.69, 9.17) is 4.74 Å². The zero-order valence-corrected chi connectivity index (χ0v) is 12.8. The maximum Gasteiger partial charge on any atom is 0.249 e. The molecule has 1 saturated heterocycles. The van der Waals surface area contributed by atoms with Crippen LogP contribution in [-0.4, -0.2) is 41.9 Å². The van der Waals surface area contributed by atoms with Crippen LogP contribution in [0.15, 0.2) is 23.3 Å². The number of ether oxygens (including phenoxy) is 1. The van der Waals surface area contributed by atoms with E-state index < -0.39 is 0 Å². The van der Waals surface area contributed by atoms with Crippen LogP contribution < -0.4 is 10.1 Å². The summed E-state index contributed by atoms with van der Waals surface area (Å²) in [6.45, 7) is 4.00. The molecule has 0 radical (unpaired) electrons. The van der Waals surface area contributed by atoms with Crippen molar-refractivity contribution in [1.29, 1.82) is 0 Å². The van der Waals surface area contributed by atoms with Crippen molar-refractivity contribution in [3.05, 3.63) is 29.3 Å². The Morgan fingerprint density at radius 1 is 1.32 bits per heavy atom. The number of nitrogens with zero attached hydrogens (tertiary/aromatic N) is 2. The van der Waals surface area contributed by atoms with Gasteiger partial charge in [-0.25, -0.2) is 5.01 Å². The van der Waals surface area contributed by atoms with E-state index in [0.29, 0.717) is 6.42 Å².